The van der Waals surface area contributed by atoms with Crippen molar-refractivity contribution in [1.82, 2.24) is 10.2 Å². The minimum Gasteiger partial charge on any atom is -0.325 e. The Labute approximate surface area is 142 Å². The van der Waals surface area contributed by atoms with Gasteiger partial charge in [0.1, 0.15) is 12.1 Å². The number of carbonyl (C=O) groups is 3. The van der Waals surface area contributed by atoms with Crippen LogP contribution in [-0.4, -0.2) is 34.8 Å². The van der Waals surface area contributed by atoms with Crippen LogP contribution in [0.25, 0.3) is 0 Å². The van der Waals surface area contributed by atoms with Gasteiger partial charge < -0.3 is 10.6 Å². The second-order valence-electron chi connectivity index (χ2n) is 5.73. The van der Waals surface area contributed by atoms with E-state index in [1.54, 1.807) is 13.8 Å². The quantitative estimate of drug-likeness (QED) is 0.796. The Balaban J connectivity index is 2.03. The van der Waals surface area contributed by atoms with Crippen molar-refractivity contribution in [2.75, 3.05) is 11.9 Å². The third kappa shape index (κ3) is 3.75. The standard InChI is InChI=1S/C16H18F3N3O3/c1-3-15(4-2)13(24)22(14(25)21-15)9-12(23)20-11-7-5-10(6-8-11)16(17,18)19/h5-8H,3-4,9H2,1-2H3,(H,20,23)(H,21,25). The van der Waals surface area contributed by atoms with Crippen LogP contribution < -0.4 is 10.6 Å². The summed E-state index contributed by atoms with van der Waals surface area (Å²) < 4.78 is 37.5. The van der Waals surface area contributed by atoms with E-state index in [1.807, 2.05) is 0 Å². The van der Waals surface area contributed by atoms with Crippen molar-refractivity contribution in [1.29, 1.82) is 0 Å². The van der Waals surface area contributed by atoms with E-state index in [2.05, 4.69) is 10.6 Å². The summed E-state index contributed by atoms with van der Waals surface area (Å²) in [5.41, 5.74) is -1.70. The van der Waals surface area contributed by atoms with Crippen LogP contribution >= 0.6 is 0 Å². The molecule has 1 aromatic rings. The van der Waals surface area contributed by atoms with E-state index >= 15 is 0 Å². The third-order valence-corrected chi connectivity index (χ3v) is 4.25. The second-order valence-corrected chi connectivity index (χ2v) is 5.73. The smallest absolute Gasteiger partial charge is 0.325 e. The van der Waals surface area contributed by atoms with Crippen molar-refractivity contribution in [2.45, 2.75) is 38.4 Å². The van der Waals surface area contributed by atoms with Crippen LogP contribution in [0, 0.1) is 0 Å². The molecule has 136 valence electrons. The molecule has 2 N–H and O–H groups in total. The number of anilines is 1. The maximum absolute atomic E-state index is 12.5. The first-order chi connectivity index (χ1) is 11.6. The summed E-state index contributed by atoms with van der Waals surface area (Å²) in [4.78, 5) is 37.2. The molecule has 0 bridgehead atoms. The predicted molar refractivity (Wildman–Crippen MR) is 83.6 cm³/mol. The molecule has 9 heteroatoms. The highest BCUT2D eigenvalue weighted by molar-refractivity contribution is 6.10. The zero-order valence-electron chi connectivity index (χ0n) is 13.7. The lowest BCUT2D eigenvalue weighted by atomic mass is 9.93. The monoisotopic (exact) mass is 357 g/mol. The topological polar surface area (TPSA) is 78.5 Å². The highest BCUT2D eigenvalue weighted by Crippen LogP contribution is 2.30. The minimum atomic E-state index is -4.47. The molecule has 2 rings (SSSR count). The van der Waals surface area contributed by atoms with Crippen LogP contribution in [0.3, 0.4) is 0 Å². The van der Waals surface area contributed by atoms with E-state index in [9.17, 15) is 27.6 Å². The summed E-state index contributed by atoms with van der Waals surface area (Å²) in [6.45, 7) is 3.01. The molecule has 4 amide bonds. The molecule has 0 aliphatic carbocycles. The van der Waals surface area contributed by atoms with Gasteiger partial charge in [-0.1, -0.05) is 13.8 Å². The lowest BCUT2D eigenvalue weighted by Gasteiger charge is -2.23. The lowest BCUT2D eigenvalue weighted by molar-refractivity contribution is -0.137. The largest absolute Gasteiger partial charge is 0.416 e. The van der Waals surface area contributed by atoms with Gasteiger partial charge in [0, 0.05) is 5.69 Å². The fourth-order valence-electron chi connectivity index (χ4n) is 2.64. The number of nitrogens with one attached hydrogen (secondary N) is 2. The van der Waals surface area contributed by atoms with Gasteiger partial charge in [0.15, 0.2) is 0 Å². The summed E-state index contributed by atoms with van der Waals surface area (Å²) in [5, 5.41) is 4.96. The maximum atomic E-state index is 12.5. The number of imide groups is 1. The third-order valence-electron chi connectivity index (χ3n) is 4.25. The Hall–Kier alpha value is -2.58. The lowest BCUT2D eigenvalue weighted by Crippen LogP contribution is -2.46. The molecular weight excluding hydrogens is 339 g/mol. The van der Waals surface area contributed by atoms with Crippen LogP contribution in [0.15, 0.2) is 24.3 Å². The normalized spacial score (nSPS) is 16.8. The molecule has 1 saturated heterocycles. The number of alkyl halides is 3. The summed E-state index contributed by atoms with van der Waals surface area (Å²) >= 11 is 0. The highest BCUT2D eigenvalue weighted by Gasteiger charge is 2.49. The van der Waals surface area contributed by atoms with E-state index in [-0.39, 0.29) is 5.69 Å². The Kier molecular flexibility index (Phi) is 5.05. The minimum absolute atomic E-state index is 0.141. The molecule has 0 atom stereocenters. The average molecular weight is 357 g/mol. The Bertz CT molecular complexity index is 682. The highest BCUT2D eigenvalue weighted by atomic mass is 19.4. The molecule has 1 heterocycles. The molecule has 6 nitrogen and oxygen atoms in total. The molecule has 1 aliphatic heterocycles. The van der Waals surface area contributed by atoms with Gasteiger partial charge in [0.05, 0.1) is 5.56 Å². The van der Waals surface area contributed by atoms with E-state index < -0.39 is 41.7 Å². The van der Waals surface area contributed by atoms with Crippen LogP contribution in [0.1, 0.15) is 32.3 Å². The van der Waals surface area contributed by atoms with Crippen LogP contribution in [0.2, 0.25) is 0 Å². The van der Waals surface area contributed by atoms with Crippen molar-refractivity contribution >= 4 is 23.5 Å². The number of amides is 4. The fraction of sp³-hybridized carbons (Fsp3) is 0.438. The average Bonchev–Trinajstić information content (AvgIpc) is 2.79. The van der Waals surface area contributed by atoms with Crippen LogP contribution in [-0.2, 0) is 15.8 Å². The van der Waals surface area contributed by atoms with Gasteiger partial charge in [0.25, 0.3) is 5.91 Å². The molecule has 0 radical (unpaired) electrons. The van der Waals surface area contributed by atoms with E-state index in [0.717, 1.165) is 29.2 Å². The van der Waals surface area contributed by atoms with Gasteiger partial charge in [-0.3, -0.25) is 14.5 Å². The van der Waals surface area contributed by atoms with Crippen molar-refractivity contribution in [3.63, 3.8) is 0 Å². The summed E-state index contributed by atoms with van der Waals surface area (Å²) in [7, 11) is 0. The van der Waals surface area contributed by atoms with Crippen LogP contribution in [0.4, 0.5) is 23.7 Å². The zero-order valence-corrected chi connectivity index (χ0v) is 13.7. The second kappa shape index (κ2) is 6.73. The number of hydrogen-bond donors (Lipinski definition) is 2. The molecule has 1 aromatic carbocycles. The number of halogens is 3. The Morgan fingerprint density at radius 3 is 2.16 bits per heavy atom. The van der Waals surface area contributed by atoms with Crippen LogP contribution in [0.5, 0.6) is 0 Å². The number of benzene rings is 1. The van der Waals surface area contributed by atoms with Gasteiger partial charge >= 0.3 is 12.2 Å². The van der Waals surface area contributed by atoms with E-state index in [1.165, 1.54) is 0 Å². The number of hydrogen-bond acceptors (Lipinski definition) is 3. The predicted octanol–water partition coefficient (Wildman–Crippen LogP) is 2.75. The number of nitrogens with zero attached hydrogens (tertiary/aromatic N) is 1. The number of rotatable bonds is 5. The maximum Gasteiger partial charge on any atom is 0.416 e. The van der Waals surface area contributed by atoms with Crippen molar-refractivity contribution in [3.05, 3.63) is 29.8 Å². The summed E-state index contributed by atoms with van der Waals surface area (Å²) in [5.74, 6) is -1.16. The first-order valence-electron chi connectivity index (χ1n) is 7.74. The molecule has 0 unspecified atom stereocenters. The van der Waals surface area contributed by atoms with Crippen molar-refractivity contribution in [2.24, 2.45) is 0 Å². The SMILES string of the molecule is CCC1(CC)NC(=O)N(CC(=O)Nc2ccc(C(F)(F)F)cc2)C1=O. The summed E-state index contributed by atoms with van der Waals surface area (Å²) in [6.07, 6.45) is -3.68. The molecule has 1 aliphatic rings. The van der Waals surface area contributed by atoms with E-state index in [0.29, 0.717) is 12.8 Å². The van der Waals surface area contributed by atoms with Gasteiger partial charge in [0.2, 0.25) is 5.91 Å². The molecule has 0 aromatic heterocycles. The first-order valence-corrected chi connectivity index (χ1v) is 7.74. The Morgan fingerprint density at radius 2 is 1.72 bits per heavy atom. The molecule has 0 spiro atoms. The van der Waals surface area contributed by atoms with Gasteiger partial charge in [-0.15, -0.1) is 0 Å². The molecule has 25 heavy (non-hydrogen) atoms. The fourth-order valence-corrected chi connectivity index (χ4v) is 2.64. The Morgan fingerprint density at radius 1 is 1.16 bits per heavy atom. The van der Waals surface area contributed by atoms with Gasteiger partial charge in [-0.2, -0.15) is 13.2 Å². The van der Waals surface area contributed by atoms with Crippen molar-refractivity contribution in [3.8, 4) is 0 Å². The summed E-state index contributed by atoms with van der Waals surface area (Å²) in [6, 6.07) is 3.23. The molecule has 1 fully saturated rings. The first kappa shape index (κ1) is 18.8. The molecular formula is C16H18F3N3O3. The van der Waals surface area contributed by atoms with Gasteiger partial charge in [-0.05, 0) is 37.1 Å². The number of carbonyl (C=O) groups excluding carboxylic acids is 3. The molecule has 0 saturated carbocycles. The van der Waals surface area contributed by atoms with E-state index in [4.69, 9.17) is 0 Å². The van der Waals surface area contributed by atoms with Crippen molar-refractivity contribution < 1.29 is 27.6 Å². The number of urea groups is 1. The van der Waals surface area contributed by atoms with Gasteiger partial charge in [-0.25, -0.2) is 4.79 Å². The zero-order chi connectivity index (χ0) is 18.8.